The van der Waals surface area contributed by atoms with Crippen molar-refractivity contribution in [2.45, 2.75) is 12.3 Å². The van der Waals surface area contributed by atoms with Gasteiger partial charge in [0.25, 0.3) is 5.91 Å². The standard InChI is InChI=1S/C14H14BrNO3/c1-2-18-12-6-5-11(8-10(12)9-15)16-14(17)13-4-3-7-19-13/h3-8H,2,9H2,1H3,(H,16,17). The molecular weight excluding hydrogens is 310 g/mol. The molecule has 19 heavy (non-hydrogen) atoms. The number of ether oxygens (including phenoxy) is 1. The lowest BCUT2D eigenvalue weighted by Crippen LogP contribution is -2.11. The van der Waals surface area contributed by atoms with Gasteiger partial charge >= 0.3 is 0 Å². The van der Waals surface area contributed by atoms with Gasteiger partial charge in [-0.25, -0.2) is 0 Å². The second-order valence-corrected chi connectivity index (χ2v) is 4.38. The molecule has 0 radical (unpaired) electrons. The van der Waals surface area contributed by atoms with E-state index in [1.165, 1.54) is 6.26 Å². The van der Waals surface area contributed by atoms with E-state index in [0.29, 0.717) is 17.6 Å². The van der Waals surface area contributed by atoms with Crippen molar-refractivity contribution in [1.29, 1.82) is 0 Å². The van der Waals surface area contributed by atoms with Crippen molar-refractivity contribution >= 4 is 27.5 Å². The maximum absolute atomic E-state index is 11.8. The normalized spacial score (nSPS) is 10.2. The van der Waals surface area contributed by atoms with Crippen LogP contribution in [0.3, 0.4) is 0 Å². The molecule has 0 unspecified atom stereocenters. The Morgan fingerprint density at radius 3 is 2.89 bits per heavy atom. The van der Waals surface area contributed by atoms with Crippen LogP contribution in [0.25, 0.3) is 0 Å². The first-order chi connectivity index (χ1) is 9.24. The number of hydrogen-bond donors (Lipinski definition) is 1. The number of alkyl halides is 1. The van der Waals surface area contributed by atoms with Crippen LogP contribution in [0.4, 0.5) is 5.69 Å². The molecule has 1 aromatic heterocycles. The first kappa shape index (κ1) is 13.7. The number of nitrogens with one attached hydrogen (secondary N) is 1. The maximum Gasteiger partial charge on any atom is 0.291 e. The maximum atomic E-state index is 11.8. The van der Waals surface area contributed by atoms with Gasteiger partial charge in [0.05, 0.1) is 12.9 Å². The van der Waals surface area contributed by atoms with Gasteiger partial charge in [-0.05, 0) is 37.3 Å². The minimum absolute atomic E-state index is 0.269. The predicted octanol–water partition coefficient (Wildman–Crippen LogP) is 3.83. The SMILES string of the molecule is CCOc1ccc(NC(=O)c2ccco2)cc1CBr. The molecule has 0 aliphatic carbocycles. The fourth-order valence-electron chi connectivity index (χ4n) is 1.66. The number of benzene rings is 1. The summed E-state index contributed by atoms with van der Waals surface area (Å²) >= 11 is 3.41. The third-order valence-corrected chi connectivity index (χ3v) is 3.11. The van der Waals surface area contributed by atoms with Crippen LogP contribution in [0, 0.1) is 0 Å². The Labute approximate surface area is 119 Å². The zero-order valence-electron chi connectivity index (χ0n) is 10.5. The molecule has 1 aromatic carbocycles. The molecule has 0 fully saturated rings. The number of anilines is 1. The van der Waals surface area contributed by atoms with Gasteiger partial charge in [0.2, 0.25) is 0 Å². The van der Waals surface area contributed by atoms with Gasteiger partial charge in [-0.2, -0.15) is 0 Å². The van der Waals surface area contributed by atoms with E-state index >= 15 is 0 Å². The number of carbonyl (C=O) groups excluding carboxylic acids is 1. The smallest absolute Gasteiger partial charge is 0.291 e. The van der Waals surface area contributed by atoms with E-state index in [-0.39, 0.29) is 11.7 Å². The van der Waals surface area contributed by atoms with Crippen LogP contribution in [-0.4, -0.2) is 12.5 Å². The molecule has 2 rings (SSSR count). The third-order valence-electron chi connectivity index (χ3n) is 2.51. The number of carbonyl (C=O) groups is 1. The summed E-state index contributed by atoms with van der Waals surface area (Å²) in [5.74, 6) is 0.833. The zero-order chi connectivity index (χ0) is 13.7. The van der Waals surface area contributed by atoms with E-state index in [1.54, 1.807) is 18.2 Å². The number of halogens is 1. The summed E-state index contributed by atoms with van der Waals surface area (Å²) in [5, 5.41) is 3.44. The van der Waals surface area contributed by atoms with Gasteiger partial charge in [0, 0.05) is 16.6 Å². The fourth-order valence-corrected chi connectivity index (χ4v) is 2.10. The highest BCUT2D eigenvalue weighted by molar-refractivity contribution is 9.08. The van der Waals surface area contributed by atoms with Gasteiger partial charge in [-0.1, -0.05) is 15.9 Å². The third kappa shape index (κ3) is 3.38. The van der Waals surface area contributed by atoms with Crippen molar-refractivity contribution in [1.82, 2.24) is 0 Å². The summed E-state index contributed by atoms with van der Waals surface area (Å²) in [6.07, 6.45) is 1.47. The second kappa shape index (κ2) is 6.43. The van der Waals surface area contributed by atoms with Crippen molar-refractivity contribution in [3.8, 4) is 5.75 Å². The van der Waals surface area contributed by atoms with E-state index in [4.69, 9.17) is 9.15 Å². The number of hydrogen-bond acceptors (Lipinski definition) is 3. The molecule has 0 aliphatic heterocycles. The highest BCUT2D eigenvalue weighted by Crippen LogP contribution is 2.25. The summed E-state index contributed by atoms with van der Waals surface area (Å²) < 4.78 is 10.5. The summed E-state index contributed by atoms with van der Waals surface area (Å²) in [4.78, 5) is 11.8. The van der Waals surface area contributed by atoms with E-state index in [2.05, 4.69) is 21.2 Å². The van der Waals surface area contributed by atoms with Gasteiger partial charge in [-0.15, -0.1) is 0 Å². The van der Waals surface area contributed by atoms with Crippen molar-refractivity contribution in [3.05, 3.63) is 47.9 Å². The van der Waals surface area contributed by atoms with Crippen LogP contribution in [-0.2, 0) is 5.33 Å². The van der Waals surface area contributed by atoms with Crippen LogP contribution < -0.4 is 10.1 Å². The van der Waals surface area contributed by atoms with Crippen molar-refractivity contribution in [2.75, 3.05) is 11.9 Å². The highest BCUT2D eigenvalue weighted by atomic mass is 79.9. The summed E-state index contributed by atoms with van der Waals surface area (Å²) in [5.41, 5.74) is 1.69. The molecule has 100 valence electrons. The Balaban J connectivity index is 2.15. The molecule has 0 aliphatic rings. The van der Waals surface area contributed by atoms with Crippen LogP contribution in [0.2, 0.25) is 0 Å². The minimum Gasteiger partial charge on any atom is -0.494 e. The van der Waals surface area contributed by atoms with Crippen LogP contribution in [0.5, 0.6) is 5.75 Å². The summed E-state index contributed by atoms with van der Waals surface area (Å²) in [7, 11) is 0. The first-order valence-electron chi connectivity index (χ1n) is 5.91. The number of rotatable bonds is 5. The molecule has 4 nitrogen and oxygen atoms in total. The summed E-state index contributed by atoms with van der Waals surface area (Å²) in [6, 6.07) is 8.82. The van der Waals surface area contributed by atoms with Gasteiger partial charge < -0.3 is 14.5 Å². The van der Waals surface area contributed by atoms with Crippen molar-refractivity contribution < 1.29 is 13.9 Å². The van der Waals surface area contributed by atoms with Crippen LogP contribution in [0.1, 0.15) is 23.0 Å². The Morgan fingerprint density at radius 2 is 2.26 bits per heavy atom. The Morgan fingerprint density at radius 1 is 1.42 bits per heavy atom. The molecule has 0 bridgehead atoms. The number of amides is 1. The predicted molar refractivity (Wildman–Crippen MR) is 76.9 cm³/mol. The average molecular weight is 324 g/mol. The summed E-state index contributed by atoms with van der Waals surface area (Å²) in [6.45, 7) is 2.54. The molecule has 0 saturated heterocycles. The molecular formula is C14H14BrNO3. The van der Waals surface area contributed by atoms with Gasteiger partial charge in [-0.3, -0.25) is 4.79 Å². The molecule has 0 saturated carbocycles. The lowest BCUT2D eigenvalue weighted by atomic mass is 10.2. The lowest BCUT2D eigenvalue weighted by Gasteiger charge is -2.10. The van der Waals surface area contributed by atoms with E-state index in [0.717, 1.165) is 11.3 Å². The fraction of sp³-hybridized carbons (Fsp3) is 0.214. The molecule has 0 spiro atoms. The van der Waals surface area contributed by atoms with E-state index < -0.39 is 0 Å². The van der Waals surface area contributed by atoms with E-state index in [9.17, 15) is 4.79 Å². The Hall–Kier alpha value is -1.75. The zero-order valence-corrected chi connectivity index (χ0v) is 12.1. The van der Waals surface area contributed by atoms with E-state index in [1.807, 2.05) is 19.1 Å². The largest absolute Gasteiger partial charge is 0.494 e. The molecule has 1 heterocycles. The monoisotopic (exact) mass is 323 g/mol. The highest BCUT2D eigenvalue weighted by Gasteiger charge is 2.10. The Kier molecular flexibility index (Phi) is 4.63. The molecule has 0 atom stereocenters. The van der Waals surface area contributed by atoms with Crippen molar-refractivity contribution in [3.63, 3.8) is 0 Å². The van der Waals surface area contributed by atoms with Gasteiger partial charge in [0.1, 0.15) is 5.75 Å². The Bertz CT molecular complexity index is 552. The molecule has 5 heteroatoms. The lowest BCUT2D eigenvalue weighted by molar-refractivity contribution is 0.0996. The van der Waals surface area contributed by atoms with Gasteiger partial charge in [0.15, 0.2) is 5.76 Å². The quantitative estimate of drug-likeness (QED) is 0.851. The van der Waals surface area contributed by atoms with Crippen LogP contribution >= 0.6 is 15.9 Å². The minimum atomic E-state index is -0.269. The number of furan rings is 1. The van der Waals surface area contributed by atoms with Crippen molar-refractivity contribution in [2.24, 2.45) is 0 Å². The molecule has 1 N–H and O–H groups in total. The molecule has 1 amide bonds. The topological polar surface area (TPSA) is 51.5 Å². The average Bonchev–Trinajstić information content (AvgIpc) is 2.94. The van der Waals surface area contributed by atoms with Crippen LogP contribution in [0.15, 0.2) is 41.0 Å². The first-order valence-corrected chi connectivity index (χ1v) is 7.03. The second-order valence-electron chi connectivity index (χ2n) is 3.82. The molecule has 2 aromatic rings.